The Balaban J connectivity index is 1.97. The molecule has 3 heteroatoms. The maximum Gasteiger partial charge on any atom is 0.126 e. The number of aryl methyl sites for hydroxylation is 1. The first-order valence-electron chi connectivity index (χ1n) is 9.24. The van der Waals surface area contributed by atoms with E-state index in [0.717, 1.165) is 34.2 Å². The topological polar surface area (TPSA) is 25.8 Å². The Hall–Kier alpha value is -3.07. The molecule has 2 nitrogen and oxygen atoms in total. The van der Waals surface area contributed by atoms with E-state index in [1.165, 1.54) is 5.57 Å². The van der Waals surface area contributed by atoms with Crippen molar-refractivity contribution in [2.75, 3.05) is 0 Å². The molecule has 1 unspecified atom stereocenters. The fourth-order valence-corrected chi connectivity index (χ4v) is 3.64. The second kappa shape index (κ2) is 7.28. The number of halogens is 1. The standard InChI is InChI=1S/C24H21FN2/c1-3-17-6-4-5-7-20(24(17)19-8-10-21(25)16(2)14-19)18-9-11-22-23(15-18)27-13-12-26-22/h4-15,17H,3H2,1-2H3. The number of benzene rings is 2. The quantitative estimate of drug-likeness (QED) is 0.563. The third-order valence-corrected chi connectivity index (χ3v) is 5.07. The first-order chi connectivity index (χ1) is 13.2. The van der Waals surface area contributed by atoms with E-state index >= 15 is 0 Å². The number of hydrogen-bond donors (Lipinski definition) is 0. The third-order valence-electron chi connectivity index (χ3n) is 5.07. The minimum atomic E-state index is -0.172. The van der Waals surface area contributed by atoms with Gasteiger partial charge in [-0.3, -0.25) is 9.97 Å². The van der Waals surface area contributed by atoms with Gasteiger partial charge in [0.1, 0.15) is 5.82 Å². The van der Waals surface area contributed by atoms with Gasteiger partial charge < -0.3 is 0 Å². The summed E-state index contributed by atoms with van der Waals surface area (Å²) >= 11 is 0. The van der Waals surface area contributed by atoms with E-state index in [4.69, 9.17) is 0 Å². The SMILES string of the molecule is CCC1C=CC=CC(c2ccc3nccnc3c2)=C1c1ccc(F)c(C)c1. The van der Waals surface area contributed by atoms with Gasteiger partial charge in [-0.2, -0.15) is 0 Å². The molecule has 1 heterocycles. The molecule has 27 heavy (non-hydrogen) atoms. The van der Waals surface area contributed by atoms with Crippen molar-refractivity contribution in [1.82, 2.24) is 9.97 Å². The Morgan fingerprint density at radius 3 is 2.48 bits per heavy atom. The summed E-state index contributed by atoms with van der Waals surface area (Å²) in [5.41, 5.74) is 6.93. The van der Waals surface area contributed by atoms with Gasteiger partial charge in [0.05, 0.1) is 11.0 Å². The number of hydrogen-bond acceptors (Lipinski definition) is 2. The Bertz CT molecular complexity index is 1090. The van der Waals surface area contributed by atoms with Crippen LogP contribution in [0.5, 0.6) is 0 Å². The highest BCUT2D eigenvalue weighted by molar-refractivity contribution is 5.99. The third kappa shape index (κ3) is 3.33. The molecule has 0 amide bonds. The van der Waals surface area contributed by atoms with Crippen LogP contribution in [0.1, 0.15) is 30.0 Å². The summed E-state index contributed by atoms with van der Waals surface area (Å²) in [6.07, 6.45) is 12.9. The highest BCUT2D eigenvalue weighted by Gasteiger charge is 2.19. The molecule has 3 aromatic rings. The monoisotopic (exact) mass is 356 g/mol. The van der Waals surface area contributed by atoms with Crippen molar-refractivity contribution >= 4 is 22.2 Å². The Kier molecular flexibility index (Phi) is 4.68. The van der Waals surface area contributed by atoms with Crippen LogP contribution in [0.25, 0.3) is 22.2 Å². The lowest BCUT2D eigenvalue weighted by Crippen LogP contribution is -2.03. The van der Waals surface area contributed by atoms with Gasteiger partial charge in [-0.25, -0.2) is 4.39 Å². The van der Waals surface area contributed by atoms with Crippen LogP contribution < -0.4 is 0 Å². The number of rotatable bonds is 3. The molecule has 1 aliphatic carbocycles. The van der Waals surface area contributed by atoms with Crippen LogP contribution in [0.3, 0.4) is 0 Å². The Labute approximate surface area is 158 Å². The van der Waals surface area contributed by atoms with Gasteiger partial charge >= 0.3 is 0 Å². The van der Waals surface area contributed by atoms with E-state index in [1.54, 1.807) is 18.5 Å². The molecule has 0 N–H and O–H groups in total. The molecule has 0 radical (unpaired) electrons. The van der Waals surface area contributed by atoms with Crippen molar-refractivity contribution in [3.8, 4) is 0 Å². The molecule has 0 aliphatic heterocycles. The van der Waals surface area contributed by atoms with Gasteiger partial charge in [0.25, 0.3) is 0 Å². The average molecular weight is 356 g/mol. The van der Waals surface area contributed by atoms with Crippen LogP contribution in [0.2, 0.25) is 0 Å². The molecule has 0 saturated carbocycles. The van der Waals surface area contributed by atoms with Crippen LogP contribution in [-0.2, 0) is 0 Å². The number of aromatic nitrogens is 2. The van der Waals surface area contributed by atoms with Gasteiger partial charge in [0.2, 0.25) is 0 Å². The summed E-state index contributed by atoms with van der Waals surface area (Å²) < 4.78 is 13.9. The van der Waals surface area contributed by atoms with Crippen molar-refractivity contribution in [2.45, 2.75) is 20.3 Å². The minimum Gasteiger partial charge on any atom is -0.253 e. The lowest BCUT2D eigenvalue weighted by atomic mass is 9.84. The molecule has 0 spiro atoms. The molecule has 0 bridgehead atoms. The van der Waals surface area contributed by atoms with Crippen molar-refractivity contribution in [3.63, 3.8) is 0 Å². The first-order valence-corrected chi connectivity index (χ1v) is 9.24. The predicted octanol–water partition coefficient (Wildman–Crippen LogP) is 6.14. The highest BCUT2D eigenvalue weighted by Crippen LogP contribution is 2.38. The van der Waals surface area contributed by atoms with E-state index in [0.29, 0.717) is 5.56 Å². The second-order valence-electron chi connectivity index (χ2n) is 6.81. The largest absolute Gasteiger partial charge is 0.253 e. The molecular formula is C24H21FN2. The van der Waals surface area contributed by atoms with Crippen LogP contribution in [0.4, 0.5) is 4.39 Å². The van der Waals surface area contributed by atoms with Gasteiger partial charge in [0, 0.05) is 18.3 Å². The lowest BCUT2D eigenvalue weighted by Gasteiger charge is -2.20. The average Bonchev–Trinajstić information content (AvgIpc) is 2.92. The number of fused-ring (bicyclic) bond motifs is 1. The number of nitrogens with zero attached hydrogens (tertiary/aromatic N) is 2. The number of allylic oxidation sites excluding steroid dienone is 6. The van der Waals surface area contributed by atoms with E-state index in [-0.39, 0.29) is 11.7 Å². The maximum atomic E-state index is 13.9. The Morgan fingerprint density at radius 1 is 0.926 bits per heavy atom. The summed E-state index contributed by atoms with van der Waals surface area (Å²) in [5, 5.41) is 0. The summed E-state index contributed by atoms with van der Waals surface area (Å²) in [6.45, 7) is 3.99. The van der Waals surface area contributed by atoms with Crippen molar-refractivity contribution in [3.05, 3.63) is 95.6 Å². The summed E-state index contributed by atoms with van der Waals surface area (Å²) in [5.74, 6) is 0.0899. The molecule has 4 rings (SSSR count). The smallest absolute Gasteiger partial charge is 0.126 e. The van der Waals surface area contributed by atoms with Gasteiger partial charge in [-0.05, 0) is 65.4 Å². The van der Waals surface area contributed by atoms with Gasteiger partial charge in [-0.1, -0.05) is 43.4 Å². The summed E-state index contributed by atoms with van der Waals surface area (Å²) in [4.78, 5) is 8.81. The maximum absolute atomic E-state index is 13.9. The summed E-state index contributed by atoms with van der Waals surface area (Å²) in [7, 11) is 0. The normalized spacial score (nSPS) is 16.8. The van der Waals surface area contributed by atoms with Crippen LogP contribution in [0, 0.1) is 18.7 Å². The fraction of sp³-hybridized carbons (Fsp3) is 0.167. The fourth-order valence-electron chi connectivity index (χ4n) is 3.64. The van der Waals surface area contributed by atoms with E-state index in [9.17, 15) is 4.39 Å². The second-order valence-corrected chi connectivity index (χ2v) is 6.81. The minimum absolute atomic E-state index is 0.172. The van der Waals surface area contributed by atoms with Crippen LogP contribution in [0.15, 0.2) is 73.1 Å². The van der Waals surface area contributed by atoms with Crippen molar-refractivity contribution in [2.24, 2.45) is 5.92 Å². The van der Waals surface area contributed by atoms with Crippen LogP contribution in [-0.4, -0.2) is 9.97 Å². The van der Waals surface area contributed by atoms with Gasteiger partial charge in [0.15, 0.2) is 0 Å². The zero-order chi connectivity index (χ0) is 18.8. The molecule has 1 aromatic heterocycles. The molecule has 0 fully saturated rings. The molecule has 2 aromatic carbocycles. The van der Waals surface area contributed by atoms with E-state index < -0.39 is 0 Å². The van der Waals surface area contributed by atoms with E-state index in [1.807, 2.05) is 25.1 Å². The van der Waals surface area contributed by atoms with E-state index in [2.05, 4.69) is 53.3 Å². The molecule has 1 aliphatic rings. The molecular weight excluding hydrogens is 335 g/mol. The molecule has 1 atom stereocenters. The van der Waals surface area contributed by atoms with Crippen molar-refractivity contribution < 1.29 is 4.39 Å². The Morgan fingerprint density at radius 2 is 1.70 bits per heavy atom. The zero-order valence-corrected chi connectivity index (χ0v) is 15.5. The van der Waals surface area contributed by atoms with Crippen LogP contribution >= 0.6 is 0 Å². The highest BCUT2D eigenvalue weighted by atomic mass is 19.1. The van der Waals surface area contributed by atoms with Gasteiger partial charge in [-0.15, -0.1) is 0 Å². The first kappa shape index (κ1) is 17.3. The lowest BCUT2D eigenvalue weighted by molar-refractivity contribution is 0.618. The molecule has 0 saturated heterocycles. The zero-order valence-electron chi connectivity index (χ0n) is 15.5. The van der Waals surface area contributed by atoms with Crippen molar-refractivity contribution in [1.29, 1.82) is 0 Å². The molecule has 134 valence electrons. The summed E-state index contributed by atoms with van der Waals surface area (Å²) in [6, 6.07) is 11.6. The predicted molar refractivity (Wildman–Crippen MR) is 110 cm³/mol.